The first kappa shape index (κ1) is 14.0. The van der Waals surface area contributed by atoms with Gasteiger partial charge >= 0.3 is 0 Å². The number of amides is 1. The quantitative estimate of drug-likeness (QED) is 0.651. The van der Waals surface area contributed by atoms with Crippen molar-refractivity contribution in [3.63, 3.8) is 0 Å². The number of hydrogen-bond donors (Lipinski definition) is 0. The van der Waals surface area contributed by atoms with Gasteiger partial charge in [0.2, 0.25) is 5.91 Å². The van der Waals surface area contributed by atoms with Gasteiger partial charge in [-0.15, -0.1) is 0 Å². The van der Waals surface area contributed by atoms with Crippen LogP contribution in [0.3, 0.4) is 0 Å². The maximum Gasteiger partial charge on any atom is 0.247 e. The van der Waals surface area contributed by atoms with Crippen LogP contribution in [0.25, 0.3) is 6.08 Å². The SMILES string of the molecule is O=C(/C=C/c1ccco1)N(Cc1ccco1)Cc1ccco1. The molecule has 0 spiro atoms. The first-order chi connectivity index (χ1) is 10.8. The van der Waals surface area contributed by atoms with Gasteiger partial charge in [-0.25, -0.2) is 0 Å². The second kappa shape index (κ2) is 6.67. The van der Waals surface area contributed by atoms with Crippen molar-refractivity contribution < 1.29 is 18.0 Å². The van der Waals surface area contributed by atoms with Crippen LogP contribution in [-0.4, -0.2) is 10.8 Å². The molecule has 3 aromatic rings. The molecule has 112 valence electrons. The molecule has 0 unspecified atom stereocenters. The predicted molar refractivity (Wildman–Crippen MR) is 79.4 cm³/mol. The summed E-state index contributed by atoms with van der Waals surface area (Å²) in [7, 11) is 0. The summed E-state index contributed by atoms with van der Waals surface area (Å²) >= 11 is 0. The highest BCUT2D eigenvalue weighted by atomic mass is 16.3. The maximum absolute atomic E-state index is 12.4. The second-order valence-electron chi connectivity index (χ2n) is 4.70. The van der Waals surface area contributed by atoms with E-state index in [1.807, 2.05) is 12.1 Å². The van der Waals surface area contributed by atoms with Crippen LogP contribution in [0.1, 0.15) is 17.3 Å². The lowest BCUT2D eigenvalue weighted by Gasteiger charge is -2.18. The third-order valence-electron chi connectivity index (χ3n) is 3.10. The zero-order valence-electron chi connectivity index (χ0n) is 11.8. The molecule has 0 aliphatic rings. The standard InChI is InChI=1S/C17H15NO4/c19-17(8-7-14-4-1-9-20-14)18(12-15-5-2-10-21-15)13-16-6-3-11-22-16/h1-11H,12-13H2/b8-7+. The van der Waals surface area contributed by atoms with Gasteiger partial charge in [0.25, 0.3) is 0 Å². The van der Waals surface area contributed by atoms with Gasteiger partial charge in [-0.1, -0.05) is 0 Å². The van der Waals surface area contributed by atoms with Crippen LogP contribution in [0.2, 0.25) is 0 Å². The van der Waals surface area contributed by atoms with Crippen molar-refractivity contribution in [1.29, 1.82) is 0 Å². The largest absolute Gasteiger partial charge is 0.467 e. The molecule has 0 radical (unpaired) electrons. The third kappa shape index (κ3) is 3.58. The topological polar surface area (TPSA) is 59.7 Å². The lowest BCUT2D eigenvalue weighted by molar-refractivity contribution is -0.127. The van der Waals surface area contributed by atoms with Crippen LogP contribution in [-0.2, 0) is 17.9 Å². The van der Waals surface area contributed by atoms with Crippen molar-refractivity contribution in [2.75, 3.05) is 0 Å². The van der Waals surface area contributed by atoms with Crippen LogP contribution < -0.4 is 0 Å². The molecule has 0 saturated heterocycles. The Morgan fingerprint density at radius 2 is 1.50 bits per heavy atom. The number of carbonyl (C=O) groups is 1. The van der Waals surface area contributed by atoms with Crippen molar-refractivity contribution >= 4 is 12.0 Å². The van der Waals surface area contributed by atoms with Gasteiger partial charge in [-0.3, -0.25) is 4.79 Å². The number of furan rings is 3. The van der Waals surface area contributed by atoms with E-state index in [-0.39, 0.29) is 5.91 Å². The summed E-state index contributed by atoms with van der Waals surface area (Å²) in [5.74, 6) is 1.91. The molecule has 0 bridgehead atoms. The highest BCUT2D eigenvalue weighted by Gasteiger charge is 2.15. The lowest BCUT2D eigenvalue weighted by atomic mass is 10.3. The van der Waals surface area contributed by atoms with Crippen LogP contribution in [0.15, 0.2) is 74.5 Å². The van der Waals surface area contributed by atoms with E-state index in [0.717, 1.165) is 0 Å². The normalized spacial score (nSPS) is 11.1. The van der Waals surface area contributed by atoms with Crippen molar-refractivity contribution in [1.82, 2.24) is 4.90 Å². The average molecular weight is 297 g/mol. The minimum Gasteiger partial charge on any atom is -0.467 e. The summed E-state index contributed by atoms with van der Waals surface area (Å²) in [6, 6.07) is 10.8. The first-order valence-electron chi connectivity index (χ1n) is 6.86. The summed E-state index contributed by atoms with van der Waals surface area (Å²) in [5.41, 5.74) is 0. The Morgan fingerprint density at radius 1 is 0.909 bits per heavy atom. The number of rotatable bonds is 6. The van der Waals surface area contributed by atoms with E-state index < -0.39 is 0 Å². The Balaban J connectivity index is 1.73. The lowest BCUT2D eigenvalue weighted by Crippen LogP contribution is -2.28. The van der Waals surface area contributed by atoms with Crippen LogP contribution in [0, 0.1) is 0 Å². The zero-order chi connectivity index (χ0) is 15.2. The van der Waals surface area contributed by atoms with Gasteiger partial charge in [-0.05, 0) is 42.5 Å². The molecule has 0 N–H and O–H groups in total. The molecule has 3 heterocycles. The number of carbonyl (C=O) groups excluding carboxylic acids is 1. The molecule has 5 heteroatoms. The van der Waals surface area contributed by atoms with Crippen molar-refractivity contribution in [2.45, 2.75) is 13.1 Å². The van der Waals surface area contributed by atoms with E-state index >= 15 is 0 Å². The summed E-state index contributed by atoms with van der Waals surface area (Å²) in [4.78, 5) is 14.0. The molecule has 1 amide bonds. The summed E-state index contributed by atoms with van der Waals surface area (Å²) < 4.78 is 15.8. The van der Waals surface area contributed by atoms with Crippen molar-refractivity contribution in [2.24, 2.45) is 0 Å². The zero-order valence-corrected chi connectivity index (χ0v) is 11.8. The Labute approximate surface area is 127 Å². The molecule has 22 heavy (non-hydrogen) atoms. The molecule has 0 fully saturated rings. The first-order valence-corrected chi connectivity index (χ1v) is 6.86. The number of hydrogen-bond acceptors (Lipinski definition) is 4. The van der Waals surface area contributed by atoms with Gasteiger partial charge in [0, 0.05) is 6.08 Å². The molecule has 0 atom stereocenters. The van der Waals surface area contributed by atoms with E-state index in [9.17, 15) is 4.79 Å². The van der Waals surface area contributed by atoms with Gasteiger partial charge < -0.3 is 18.2 Å². The Morgan fingerprint density at radius 3 is 2.00 bits per heavy atom. The molecular formula is C17H15NO4. The minimum absolute atomic E-state index is 0.149. The van der Waals surface area contributed by atoms with Crippen molar-refractivity contribution in [3.8, 4) is 0 Å². The molecule has 5 nitrogen and oxygen atoms in total. The molecule has 0 aromatic carbocycles. The molecule has 0 saturated carbocycles. The molecular weight excluding hydrogens is 282 g/mol. The highest BCUT2D eigenvalue weighted by molar-refractivity contribution is 5.91. The summed E-state index contributed by atoms with van der Waals surface area (Å²) in [6.07, 6.45) is 7.85. The monoisotopic (exact) mass is 297 g/mol. The highest BCUT2D eigenvalue weighted by Crippen LogP contribution is 2.12. The van der Waals surface area contributed by atoms with E-state index in [0.29, 0.717) is 30.4 Å². The van der Waals surface area contributed by atoms with Gasteiger partial charge in [0.05, 0.1) is 31.9 Å². The van der Waals surface area contributed by atoms with Crippen molar-refractivity contribution in [3.05, 3.63) is 78.5 Å². The fraction of sp³-hybridized carbons (Fsp3) is 0.118. The van der Waals surface area contributed by atoms with E-state index in [1.165, 1.54) is 6.08 Å². The molecule has 3 aromatic heterocycles. The summed E-state index contributed by atoms with van der Waals surface area (Å²) in [6.45, 7) is 0.740. The minimum atomic E-state index is -0.149. The van der Waals surface area contributed by atoms with E-state index in [1.54, 1.807) is 54.0 Å². The Kier molecular flexibility index (Phi) is 4.25. The van der Waals surface area contributed by atoms with E-state index in [2.05, 4.69) is 0 Å². The predicted octanol–water partition coefficient (Wildman–Crippen LogP) is 3.71. The third-order valence-corrected chi connectivity index (χ3v) is 3.10. The second-order valence-corrected chi connectivity index (χ2v) is 4.70. The maximum atomic E-state index is 12.4. The average Bonchev–Trinajstić information content (AvgIpc) is 3.27. The Hall–Kier alpha value is -2.95. The molecule has 3 rings (SSSR count). The van der Waals surface area contributed by atoms with E-state index in [4.69, 9.17) is 13.3 Å². The molecule has 0 aliphatic carbocycles. The fourth-order valence-corrected chi connectivity index (χ4v) is 2.04. The van der Waals surface area contributed by atoms with Crippen LogP contribution in [0.4, 0.5) is 0 Å². The summed E-state index contributed by atoms with van der Waals surface area (Å²) in [5, 5.41) is 0. The smallest absolute Gasteiger partial charge is 0.247 e. The van der Waals surface area contributed by atoms with Crippen LogP contribution >= 0.6 is 0 Å². The van der Waals surface area contributed by atoms with Gasteiger partial charge in [0.1, 0.15) is 17.3 Å². The number of nitrogens with zero attached hydrogens (tertiary/aromatic N) is 1. The fourth-order valence-electron chi connectivity index (χ4n) is 2.04. The van der Waals surface area contributed by atoms with Crippen LogP contribution in [0.5, 0.6) is 0 Å². The Bertz CT molecular complexity index is 673. The van der Waals surface area contributed by atoms with Gasteiger partial charge in [-0.2, -0.15) is 0 Å². The molecule has 0 aliphatic heterocycles. The van der Waals surface area contributed by atoms with Gasteiger partial charge in [0.15, 0.2) is 0 Å².